The van der Waals surface area contributed by atoms with Crippen molar-refractivity contribution in [2.75, 3.05) is 59.3 Å². The first-order chi connectivity index (χ1) is 27.9. The molecule has 328 valence electrons. The smallest absolute Gasteiger partial charge is 0.480 e. The van der Waals surface area contributed by atoms with E-state index in [2.05, 4.69) is 20.7 Å². The molecule has 6 atom stereocenters. The number of rotatable bonds is 24. The number of carbonyl (C=O) groups is 3. The number of nitrogens with one attached hydrogen (secondary N) is 2. The van der Waals surface area contributed by atoms with Crippen LogP contribution in [-0.2, 0) is 45.3 Å². The van der Waals surface area contributed by atoms with E-state index < -0.39 is 88.8 Å². The highest BCUT2D eigenvalue weighted by molar-refractivity contribution is 7.82. The molecule has 1 unspecified atom stereocenters. The molecule has 0 aromatic heterocycles. The summed E-state index contributed by atoms with van der Waals surface area (Å²) >= 11 is 0. The van der Waals surface area contributed by atoms with Gasteiger partial charge in [-0.15, -0.1) is 8.42 Å². The summed E-state index contributed by atoms with van der Waals surface area (Å²) in [5, 5.41) is 58.2. The van der Waals surface area contributed by atoms with Crippen molar-refractivity contribution in [3.63, 3.8) is 0 Å². The minimum absolute atomic E-state index is 0.0301. The molecule has 1 aliphatic heterocycles. The number of hydrogen-bond acceptors (Lipinski definition) is 18. The van der Waals surface area contributed by atoms with Crippen LogP contribution in [-0.4, -0.2) is 154 Å². The summed E-state index contributed by atoms with van der Waals surface area (Å²) in [5.74, 6) is -3.40. The first-order valence-electron chi connectivity index (χ1n) is 18.0. The van der Waals surface area contributed by atoms with Gasteiger partial charge in [0, 0.05) is 30.0 Å². The zero-order chi connectivity index (χ0) is 43.6. The van der Waals surface area contributed by atoms with Crippen LogP contribution in [0.1, 0.15) is 36.7 Å². The van der Waals surface area contributed by atoms with E-state index in [9.17, 15) is 48.3 Å². The molecular weight excluding hydrogens is 810 g/mol. The maximum absolute atomic E-state index is 13.2. The highest BCUT2D eigenvalue weighted by Crippen LogP contribution is 2.34. The largest absolute Gasteiger partial charge is 0.501 e. The highest BCUT2D eigenvalue weighted by atomic mass is 32.3. The van der Waals surface area contributed by atoms with Crippen molar-refractivity contribution >= 4 is 28.4 Å². The highest BCUT2D eigenvalue weighted by Gasteiger charge is 2.45. The van der Waals surface area contributed by atoms with E-state index >= 15 is 0 Å². The van der Waals surface area contributed by atoms with E-state index in [4.69, 9.17) is 42.3 Å². The fraction of sp³-hybridized carbons (Fsp3) is 0.571. The number of carboxylic acid groups (broad SMARTS) is 1. The van der Waals surface area contributed by atoms with Crippen LogP contribution in [0.2, 0.25) is 0 Å². The van der Waals surface area contributed by atoms with Crippen LogP contribution in [0.5, 0.6) is 17.2 Å². The van der Waals surface area contributed by atoms with Crippen LogP contribution in [0.25, 0.3) is 10.4 Å². The van der Waals surface area contributed by atoms with E-state index in [-0.39, 0.29) is 63.9 Å². The maximum atomic E-state index is 13.2. The second kappa shape index (κ2) is 23.5. The molecule has 0 aliphatic carbocycles. The Labute approximate surface area is 339 Å². The van der Waals surface area contributed by atoms with Crippen LogP contribution < -0.4 is 23.7 Å². The third-order valence-electron chi connectivity index (χ3n) is 7.71. The number of carbonyl (C=O) groups excluding carboxylic acids is 2. The van der Waals surface area contributed by atoms with Crippen LogP contribution in [0, 0.1) is 0 Å². The fourth-order valence-corrected chi connectivity index (χ4v) is 5.67. The molecule has 3 rings (SSSR count). The Balaban J connectivity index is 1.68. The van der Waals surface area contributed by atoms with Gasteiger partial charge >= 0.3 is 22.5 Å². The summed E-state index contributed by atoms with van der Waals surface area (Å²) in [4.78, 5) is 39.5. The van der Waals surface area contributed by atoms with Crippen LogP contribution >= 0.6 is 0 Å². The Morgan fingerprint density at radius 1 is 0.898 bits per heavy atom. The second-order valence-electron chi connectivity index (χ2n) is 13.5. The second-order valence-corrected chi connectivity index (χ2v) is 14.6. The molecule has 24 heteroatoms. The van der Waals surface area contributed by atoms with Gasteiger partial charge in [0.15, 0.2) is 11.5 Å². The van der Waals surface area contributed by atoms with Crippen molar-refractivity contribution in [3.8, 4) is 17.2 Å². The molecule has 1 aliphatic rings. The number of hydrogen-bond donors (Lipinski definition) is 7. The summed E-state index contributed by atoms with van der Waals surface area (Å²) in [7, 11) is -5.03. The molecule has 7 N–H and O–H groups in total. The van der Waals surface area contributed by atoms with Crippen molar-refractivity contribution in [3.05, 3.63) is 64.0 Å². The molecule has 0 spiro atoms. The van der Waals surface area contributed by atoms with Crippen molar-refractivity contribution < 1.29 is 85.1 Å². The SMILES string of the molecule is CC(C)(C)OC(=O)NC(Cc1ccc(OS(=O)(=O)Oc2cc(C(=O)NCCOCCOCCOCCN=[N+]=[N-])ccc2O[C@@H]2O[C@H](CO)[C@H](O)[C@H](O)[C@H]2O)cc1)C(=O)O. The van der Waals surface area contributed by atoms with Crippen LogP contribution in [0.15, 0.2) is 47.6 Å². The van der Waals surface area contributed by atoms with Crippen LogP contribution in [0.4, 0.5) is 4.79 Å². The van der Waals surface area contributed by atoms with Gasteiger partial charge < -0.3 is 73.0 Å². The van der Waals surface area contributed by atoms with Gasteiger partial charge in [-0.3, -0.25) is 4.79 Å². The molecule has 2 amide bonds. The molecule has 1 fully saturated rings. The summed E-state index contributed by atoms with van der Waals surface area (Å²) in [6.45, 7) is 5.66. The molecule has 0 radical (unpaired) electrons. The Kier molecular flexibility index (Phi) is 19.3. The van der Waals surface area contributed by atoms with Gasteiger partial charge in [-0.05, 0) is 62.2 Å². The molecule has 0 saturated carbocycles. The fourth-order valence-electron chi connectivity index (χ4n) is 4.94. The minimum atomic E-state index is -5.03. The summed E-state index contributed by atoms with van der Waals surface area (Å²) < 4.78 is 68.7. The average Bonchev–Trinajstić information content (AvgIpc) is 3.16. The lowest BCUT2D eigenvalue weighted by Gasteiger charge is -2.39. The van der Waals surface area contributed by atoms with E-state index in [1.807, 2.05) is 0 Å². The number of aliphatic hydroxyl groups excluding tert-OH is 4. The lowest BCUT2D eigenvalue weighted by molar-refractivity contribution is -0.277. The third-order valence-corrected chi connectivity index (χ3v) is 8.49. The first-order valence-corrected chi connectivity index (χ1v) is 19.3. The topological polar surface area (TPSA) is 333 Å². The van der Waals surface area contributed by atoms with Gasteiger partial charge in [0.1, 0.15) is 41.8 Å². The van der Waals surface area contributed by atoms with Gasteiger partial charge in [-0.2, -0.15) is 0 Å². The van der Waals surface area contributed by atoms with Gasteiger partial charge in [-0.25, -0.2) is 9.59 Å². The van der Waals surface area contributed by atoms with E-state index in [0.29, 0.717) is 12.2 Å². The summed E-state index contributed by atoms with van der Waals surface area (Å²) in [6.07, 6.45) is -9.72. The zero-order valence-electron chi connectivity index (χ0n) is 32.4. The maximum Gasteiger partial charge on any atom is 0.501 e. The molecule has 0 bridgehead atoms. The van der Waals surface area contributed by atoms with Crippen molar-refractivity contribution in [2.45, 2.75) is 69.5 Å². The lowest BCUT2D eigenvalue weighted by atomic mass is 9.99. The molecule has 1 heterocycles. The zero-order valence-corrected chi connectivity index (χ0v) is 33.2. The number of benzene rings is 2. The molecule has 2 aromatic rings. The number of ether oxygens (including phenoxy) is 6. The lowest BCUT2D eigenvalue weighted by Crippen LogP contribution is -2.60. The quantitative estimate of drug-likeness (QED) is 0.0320. The average molecular weight is 860 g/mol. The third kappa shape index (κ3) is 17.0. The number of azide groups is 1. The molecule has 2 aromatic carbocycles. The Morgan fingerprint density at radius 2 is 1.54 bits per heavy atom. The number of carboxylic acids is 1. The number of aliphatic hydroxyl groups is 4. The summed E-state index contributed by atoms with van der Waals surface area (Å²) in [6, 6.07) is 7.00. The Morgan fingerprint density at radius 3 is 2.15 bits per heavy atom. The van der Waals surface area contributed by atoms with E-state index in [1.165, 1.54) is 30.3 Å². The van der Waals surface area contributed by atoms with Crippen LogP contribution in [0.3, 0.4) is 0 Å². The monoisotopic (exact) mass is 859 g/mol. The van der Waals surface area contributed by atoms with Gasteiger partial charge in [0.25, 0.3) is 5.91 Å². The predicted octanol–water partition coefficient (Wildman–Crippen LogP) is 0.178. The van der Waals surface area contributed by atoms with Gasteiger partial charge in [0.2, 0.25) is 6.29 Å². The first kappa shape index (κ1) is 48.4. The number of aliphatic carboxylic acids is 1. The number of amides is 2. The van der Waals surface area contributed by atoms with E-state index in [0.717, 1.165) is 12.1 Å². The number of nitrogens with zero attached hydrogens (tertiary/aromatic N) is 3. The standard InChI is InChI=1S/C35H49N5O18S/c1-35(2,3)56-34(48)39-24(32(46)47)18-21-4-7-23(8-5-21)57-59(49,50)58-26-19-22(6-9-25(26)54-33-30(44)29(43)28(42)27(20-41)55-33)31(45)37-10-12-51-14-16-53-17-15-52-13-11-38-40-36/h4-9,19,24,27-30,33,41-44H,10-18,20H2,1-3H3,(H,37,45)(H,39,48)(H,46,47)/t24?,27-,28+,29+,30-,33-/m1/s1. The van der Waals surface area contributed by atoms with Crippen molar-refractivity contribution in [1.82, 2.24) is 10.6 Å². The van der Waals surface area contributed by atoms with Gasteiger partial charge in [0.05, 0.1) is 46.2 Å². The molecule has 23 nitrogen and oxygen atoms in total. The van der Waals surface area contributed by atoms with Crippen molar-refractivity contribution in [2.24, 2.45) is 5.11 Å². The van der Waals surface area contributed by atoms with E-state index in [1.54, 1.807) is 20.8 Å². The molecule has 59 heavy (non-hydrogen) atoms. The Hall–Kier alpha value is -5.01. The molecule has 1 saturated heterocycles. The normalized spacial score (nSPS) is 19.7. The minimum Gasteiger partial charge on any atom is -0.480 e. The molecular formula is C35H49N5O18S. The predicted molar refractivity (Wildman–Crippen MR) is 201 cm³/mol. The summed E-state index contributed by atoms with van der Waals surface area (Å²) in [5.41, 5.74) is 7.59. The van der Waals surface area contributed by atoms with Gasteiger partial charge in [-0.1, -0.05) is 17.2 Å². The van der Waals surface area contributed by atoms with Crippen molar-refractivity contribution in [1.29, 1.82) is 0 Å². The number of alkyl carbamates (subject to hydrolysis) is 1. The Bertz CT molecular complexity index is 1820.